The van der Waals surface area contributed by atoms with Crippen LogP contribution in [0.15, 0.2) is 60.7 Å². The Morgan fingerprint density at radius 1 is 0.871 bits per heavy atom. The van der Waals surface area contributed by atoms with Crippen LogP contribution in [0.3, 0.4) is 0 Å². The van der Waals surface area contributed by atoms with E-state index >= 15 is 0 Å². The molecule has 2 nitrogen and oxygen atoms in total. The van der Waals surface area contributed by atoms with Crippen LogP contribution >= 0.6 is 0 Å². The molecule has 3 aromatic carbocycles. The monoisotopic (exact) mass is 444 g/mol. The molecule has 0 spiro atoms. The summed E-state index contributed by atoms with van der Waals surface area (Å²) in [6.07, 6.45) is -5.57. The van der Waals surface area contributed by atoms with E-state index in [0.29, 0.717) is 11.8 Å². The first-order chi connectivity index (χ1) is 14.5. The number of allylic oxidation sites excluding steroid dienone is 1. The first-order valence-electron chi connectivity index (χ1n) is 8.93. The number of alkyl halides is 5. The molecule has 0 saturated carbocycles. The van der Waals surface area contributed by atoms with Gasteiger partial charge in [0.05, 0.1) is 5.56 Å². The largest absolute Gasteiger partial charge is 0.490 e. The van der Waals surface area contributed by atoms with Gasteiger partial charge in [0.1, 0.15) is 35.3 Å². The van der Waals surface area contributed by atoms with Gasteiger partial charge in [-0.1, -0.05) is 12.2 Å². The minimum absolute atomic E-state index is 0.267. The number of rotatable bonds is 6. The predicted octanol–water partition coefficient (Wildman–Crippen LogP) is 7.22. The van der Waals surface area contributed by atoms with Crippen molar-refractivity contribution in [1.82, 2.24) is 0 Å². The fourth-order valence-electron chi connectivity index (χ4n) is 2.82. The van der Waals surface area contributed by atoms with Crippen LogP contribution < -0.4 is 9.47 Å². The van der Waals surface area contributed by atoms with Gasteiger partial charge >= 0.3 is 12.3 Å². The van der Waals surface area contributed by atoms with Crippen molar-refractivity contribution in [2.75, 3.05) is 6.61 Å². The van der Waals surface area contributed by atoms with Gasteiger partial charge in [0.2, 0.25) is 0 Å². The van der Waals surface area contributed by atoms with Gasteiger partial charge in [0.15, 0.2) is 0 Å². The molecule has 0 aliphatic rings. The van der Waals surface area contributed by atoms with E-state index in [2.05, 4.69) is 4.74 Å². The van der Waals surface area contributed by atoms with Gasteiger partial charge in [-0.2, -0.15) is 22.0 Å². The smallest absolute Gasteiger partial charge is 0.426 e. The molecule has 0 radical (unpaired) electrons. The number of fused-ring (bicyclic) bond motifs is 1. The summed E-state index contributed by atoms with van der Waals surface area (Å²) in [6, 6.07) is 7.77. The molecule has 0 aromatic heterocycles. The van der Waals surface area contributed by atoms with Crippen molar-refractivity contribution in [3.63, 3.8) is 0 Å². The van der Waals surface area contributed by atoms with E-state index in [0.717, 1.165) is 30.3 Å². The van der Waals surface area contributed by atoms with Crippen LogP contribution in [0.2, 0.25) is 0 Å². The molecule has 0 N–H and O–H groups in total. The SMILES string of the molecule is CC=CCOc1ccc(C(F)(F)Oc2ccc3c(F)c(C(F)(F)F)c(F)cc3c2)cc1. The van der Waals surface area contributed by atoms with E-state index < -0.39 is 46.2 Å². The second-order valence-corrected chi connectivity index (χ2v) is 6.45. The maximum Gasteiger partial charge on any atom is 0.426 e. The van der Waals surface area contributed by atoms with Crippen molar-refractivity contribution in [2.24, 2.45) is 0 Å². The van der Waals surface area contributed by atoms with E-state index in [4.69, 9.17) is 4.74 Å². The second-order valence-electron chi connectivity index (χ2n) is 6.45. The third-order valence-corrected chi connectivity index (χ3v) is 4.30. The number of benzene rings is 3. The Morgan fingerprint density at radius 3 is 2.13 bits per heavy atom. The Labute approximate surface area is 172 Å². The molecule has 0 aliphatic carbocycles. The van der Waals surface area contributed by atoms with Crippen LogP contribution in [0.1, 0.15) is 18.1 Å². The minimum atomic E-state index is -5.24. The van der Waals surface area contributed by atoms with Crippen molar-refractivity contribution in [1.29, 1.82) is 0 Å². The van der Waals surface area contributed by atoms with E-state index in [-0.39, 0.29) is 12.0 Å². The maximum absolute atomic E-state index is 14.5. The summed E-state index contributed by atoms with van der Waals surface area (Å²) < 4.78 is 105. The Bertz CT molecular complexity index is 1100. The molecule has 0 atom stereocenters. The molecule has 0 unspecified atom stereocenters. The van der Waals surface area contributed by atoms with Crippen LogP contribution in [0.25, 0.3) is 10.8 Å². The third-order valence-electron chi connectivity index (χ3n) is 4.30. The maximum atomic E-state index is 14.5. The van der Waals surface area contributed by atoms with Crippen LogP contribution in [0.5, 0.6) is 11.5 Å². The Balaban J connectivity index is 1.86. The number of hydrogen-bond acceptors (Lipinski definition) is 2. The molecule has 0 saturated heterocycles. The van der Waals surface area contributed by atoms with Crippen molar-refractivity contribution in [3.05, 3.63) is 83.4 Å². The van der Waals surface area contributed by atoms with Gasteiger partial charge in [-0.05, 0) is 60.8 Å². The quantitative estimate of drug-likeness (QED) is 0.295. The van der Waals surface area contributed by atoms with Crippen molar-refractivity contribution in [2.45, 2.75) is 19.2 Å². The lowest BCUT2D eigenvalue weighted by Crippen LogP contribution is -2.21. The molecule has 3 rings (SSSR count). The molecule has 0 bridgehead atoms. The van der Waals surface area contributed by atoms with Gasteiger partial charge < -0.3 is 9.47 Å². The van der Waals surface area contributed by atoms with E-state index in [9.17, 15) is 30.7 Å². The Hall–Kier alpha value is -3.23. The van der Waals surface area contributed by atoms with Crippen molar-refractivity contribution in [3.8, 4) is 11.5 Å². The minimum Gasteiger partial charge on any atom is -0.490 e. The average molecular weight is 444 g/mol. The zero-order chi connectivity index (χ0) is 22.8. The number of ether oxygens (including phenoxy) is 2. The van der Waals surface area contributed by atoms with E-state index in [1.807, 2.05) is 0 Å². The highest BCUT2D eigenvalue weighted by Crippen LogP contribution is 2.39. The van der Waals surface area contributed by atoms with Gasteiger partial charge in [-0.3, -0.25) is 0 Å². The standard InChI is InChI=1S/C22H15F7O2/c1-2-3-10-30-15-6-4-14(5-7-15)22(28,29)31-16-8-9-17-13(11-16)12-18(23)19(20(17)24)21(25,26)27/h2-9,11-12H,10H2,1H3. The van der Waals surface area contributed by atoms with Crippen LogP contribution in [-0.2, 0) is 12.3 Å². The van der Waals surface area contributed by atoms with E-state index in [1.54, 1.807) is 19.1 Å². The molecule has 9 heteroatoms. The van der Waals surface area contributed by atoms with Crippen molar-refractivity contribution < 1.29 is 40.2 Å². The average Bonchev–Trinajstić information content (AvgIpc) is 2.67. The lowest BCUT2D eigenvalue weighted by molar-refractivity contribution is -0.185. The van der Waals surface area contributed by atoms with Gasteiger partial charge in [-0.15, -0.1) is 0 Å². The van der Waals surface area contributed by atoms with E-state index in [1.165, 1.54) is 12.1 Å². The topological polar surface area (TPSA) is 18.5 Å². The molecule has 0 aliphatic heterocycles. The summed E-state index contributed by atoms with van der Waals surface area (Å²) in [5.74, 6) is -3.80. The van der Waals surface area contributed by atoms with Gasteiger partial charge in [0.25, 0.3) is 0 Å². The molecule has 0 heterocycles. The summed E-state index contributed by atoms with van der Waals surface area (Å²) >= 11 is 0. The molecule has 31 heavy (non-hydrogen) atoms. The Kier molecular flexibility index (Phi) is 6.15. The fraction of sp³-hybridized carbons (Fsp3) is 0.182. The molecular weight excluding hydrogens is 429 g/mol. The third kappa shape index (κ3) is 4.92. The summed E-state index contributed by atoms with van der Waals surface area (Å²) in [7, 11) is 0. The summed E-state index contributed by atoms with van der Waals surface area (Å²) in [5, 5.41) is -0.934. The highest BCUT2D eigenvalue weighted by molar-refractivity contribution is 5.85. The molecule has 3 aromatic rings. The lowest BCUT2D eigenvalue weighted by Gasteiger charge is -2.19. The highest BCUT2D eigenvalue weighted by atomic mass is 19.4. The highest BCUT2D eigenvalue weighted by Gasteiger charge is 2.39. The second kappa shape index (κ2) is 8.49. The predicted molar refractivity (Wildman–Crippen MR) is 100 cm³/mol. The zero-order valence-electron chi connectivity index (χ0n) is 15.9. The molecular formula is C22H15F7O2. The lowest BCUT2D eigenvalue weighted by atomic mass is 10.0. The molecule has 0 fully saturated rings. The molecule has 164 valence electrons. The van der Waals surface area contributed by atoms with Crippen LogP contribution in [0, 0.1) is 11.6 Å². The molecule has 0 amide bonds. The summed E-state index contributed by atoms with van der Waals surface area (Å²) in [6.45, 7) is 2.07. The van der Waals surface area contributed by atoms with Crippen LogP contribution in [-0.4, -0.2) is 6.61 Å². The Morgan fingerprint density at radius 2 is 1.52 bits per heavy atom. The normalized spacial score (nSPS) is 12.5. The van der Waals surface area contributed by atoms with Crippen molar-refractivity contribution >= 4 is 10.8 Å². The first kappa shape index (κ1) is 22.5. The number of halogens is 7. The first-order valence-corrected chi connectivity index (χ1v) is 8.93. The van der Waals surface area contributed by atoms with Gasteiger partial charge in [0, 0.05) is 5.39 Å². The summed E-state index contributed by atoms with van der Waals surface area (Å²) in [4.78, 5) is 0. The number of hydrogen-bond donors (Lipinski definition) is 0. The zero-order valence-corrected chi connectivity index (χ0v) is 15.9. The van der Waals surface area contributed by atoms with Crippen LogP contribution in [0.4, 0.5) is 30.7 Å². The van der Waals surface area contributed by atoms with Gasteiger partial charge in [-0.25, -0.2) is 8.78 Å². The fourth-order valence-corrected chi connectivity index (χ4v) is 2.82. The summed E-state index contributed by atoms with van der Waals surface area (Å²) in [5.41, 5.74) is -2.56.